The van der Waals surface area contributed by atoms with Crippen LogP contribution in [0.2, 0.25) is 5.02 Å². The number of anilines is 1. The molecule has 0 aliphatic carbocycles. The van der Waals surface area contributed by atoms with Crippen molar-refractivity contribution in [2.24, 2.45) is 0 Å². The van der Waals surface area contributed by atoms with Crippen molar-refractivity contribution >= 4 is 50.1 Å². The van der Waals surface area contributed by atoms with Crippen LogP contribution in [-0.4, -0.2) is 14.2 Å². The molecule has 5 rings (SSSR count). The molecule has 0 aliphatic heterocycles. The van der Waals surface area contributed by atoms with E-state index in [2.05, 4.69) is 34.8 Å². The molecule has 6 heteroatoms. The number of pyridine rings is 1. The summed E-state index contributed by atoms with van der Waals surface area (Å²) in [6, 6.07) is 25.7. The average molecular weight is 446 g/mol. The van der Waals surface area contributed by atoms with E-state index in [1.807, 2.05) is 60.7 Å². The Kier molecular flexibility index (Phi) is 5.22. The van der Waals surface area contributed by atoms with Crippen molar-refractivity contribution in [1.29, 1.82) is 0 Å². The second-order valence-electron chi connectivity index (χ2n) is 7.50. The molecule has 3 aromatic carbocycles. The topological polar surface area (TPSA) is 57.8 Å². The van der Waals surface area contributed by atoms with Crippen molar-refractivity contribution < 1.29 is 4.21 Å². The maximum atomic E-state index is 12.7. The van der Waals surface area contributed by atoms with Gasteiger partial charge >= 0.3 is 0 Å². The van der Waals surface area contributed by atoms with E-state index in [1.165, 1.54) is 0 Å². The first kappa shape index (κ1) is 19.8. The predicted molar refractivity (Wildman–Crippen MR) is 131 cm³/mol. The number of hydrogen-bond acceptors (Lipinski definition) is 2. The van der Waals surface area contributed by atoms with Gasteiger partial charge in [0.15, 0.2) is 0 Å². The minimum Gasteiger partial charge on any atom is -0.358 e. The molecule has 2 N–H and O–H groups in total. The maximum absolute atomic E-state index is 12.7. The number of benzene rings is 3. The quantitative estimate of drug-likeness (QED) is 0.319. The van der Waals surface area contributed by atoms with Crippen molar-refractivity contribution in [2.75, 3.05) is 4.72 Å². The minimum absolute atomic E-state index is 0.379. The largest absolute Gasteiger partial charge is 0.358 e. The highest BCUT2D eigenvalue weighted by atomic mass is 35.5. The summed E-state index contributed by atoms with van der Waals surface area (Å²) in [5, 5.41) is 2.80. The monoisotopic (exact) mass is 445 g/mol. The third-order valence-corrected chi connectivity index (χ3v) is 6.55. The van der Waals surface area contributed by atoms with Gasteiger partial charge in [-0.15, -0.1) is 0 Å². The second kappa shape index (κ2) is 8.17. The van der Waals surface area contributed by atoms with Gasteiger partial charge in [-0.3, -0.25) is 0 Å². The van der Waals surface area contributed by atoms with Gasteiger partial charge in [-0.1, -0.05) is 48.0 Å². The van der Waals surface area contributed by atoms with Crippen molar-refractivity contribution in [2.45, 2.75) is 12.7 Å². The molecule has 154 valence electrons. The molecule has 0 saturated heterocycles. The van der Waals surface area contributed by atoms with Crippen LogP contribution in [0.5, 0.6) is 0 Å². The number of rotatable bonds is 5. The van der Waals surface area contributed by atoms with E-state index < -0.39 is 11.0 Å². The first-order chi connectivity index (χ1) is 15.1. The van der Waals surface area contributed by atoms with Gasteiger partial charge in [-0.2, -0.15) is 0 Å². The standard InChI is InChI=1S/C25H20ClN3OS/c1-16-25(24-11-9-18-6-2-3-8-22(18)28-24)21-14-20(10-12-23(21)27-16)29-31(30)15-17-5-4-7-19(26)13-17/h2-14,27,29H,15H2,1H3. The van der Waals surface area contributed by atoms with E-state index >= 15 is 0 Å². The molecule has 2 aromatic heterocycles. The van der Waals surface area contributed by atoms with Crippen LogP contribution in [0, 0.1) is 6.92 Å². The number of aromatic nitrogens is 2. The van der Waals surface area contributed by atoms with Gasteiger partial charge in [0.25, 0.3) is 0 Å². The van der Waals surface area contributed by atoms with Crippen LogP contribution in [-0.2, 0) is 16.7 Å². The molecule has 0 amide bonds. The van der Waals surface area contributed by atoms with E-state index in [4.69, 9.17) is 16.6 Å². The summed E-state index contributed by atoms with van der Waals surface area (Å²) in [4.78, 5) is 8.31. The molecule has 1 atom stereocenters. The van der Waals surface area contributed by atoms with Crippen LogP contribution in [0.3, 0.4) is 0 Å². The number of halogens is 1. The van der Waals surface area contributed by atoms with E-state index in [0.29, 0.717) is 10.8 Å². The summed E-state index contributed by atoms with van der Waals surface area (Å²) in [5.41, 5.74) is 6.74. The van der Waals surface area contributed by atoms with Gasteiger partial charge in [0, 0.05) is 38.3 Å². The van der Waals surface area contributed by atoms with Gasteiger partial charge in [0.2, 0.25) is 0 Å². The number of hydrogen-bond donors (Lipinski definition) is 2. The first-order valence-corrected chi connectivity index (χ1v) is 11.6. The number of aromatic amines is 1. The first-order valence-electron chi connectivity index (χ1n) is 9.95. The zero-order valence-electron chi connectivity index (χ0n) is 16.9. The van der Waals surface area contributed by atoms with Crippen LogP contribution in [0.1, 0.15) is 11.3 Å². The van der Waals surface area contributed by atoms with Gasteiger partial charge in [0.1, 0.15) is 11.0 Å². The zero-order valence-corrected chi connectivity index (χ0v) is 18.4. The number of H-pyrrole nitrogens is 1. The highest BCUT2D eigenvalue weighted by Gasteiger charge is 2.14. The SMILES string of the molecule is Cc1[nH]c2ccc(NS(=O)Cc3cccc(Cl)c3)cc2c1-c1ccc2ccccc2n1. The minimum atomic E-state index is -1.27. The number of nitrogens with one attached hydrogen (secondary N) is 2. The molecule has 4 nitrogen and oxygen atoms in total. The number of aryl methyl sites for hydroxylation is 1. The summed E-state index contributed by atoms with van der Waals surface area (Å²) < 4.78 is 15.8. The molecule has 2 heterocycles. The van der Waals surface area contributed by atoms with Gasteiger partial charge in [-0.05, 0) is 55.0 Å². The summed E-state index contributed by atoms with van der Waals surface area (Å²) >= 11 is 6.04. The molecule has 0 saturated carbocycles. The number of para-hydroxylation sites is 1. The molecule has 5 aromatic rings. The van der Waals surface area contributed by atoms with E-state index in [1.54, 1.807) is 0 Å². The lowest BCUT2D eigenvalue weighted by atomic mass is 10.1. The lowest BCUT2D eigenvalue weighted by molar-refractivity contribution is 0.686. The third kappa shape index (κ3) is 4.07. The molecular formula is C25H20ClN3OS. The van der Waals surface area contributed by atoms with Gasteiger partial charge in [0.05, 0.1) is 17.0 Å². The second-order valence-corrected chi connectivity index (χ2v) is 9.12. The van der Waals surface area contributed by atoms with Gasteiger partial charge in [-0.25, -0.2) is 9.19 Å². The van der Waals surface area contributed by atoms with Gasteiger partial charge < -0.3 is 9.71 Å². The van der Waals surface area contributed by atoms with E-state index in [9.17, 15) is 4.21 Å². The number of fused-ring (bicyclic) bond motifs is 2. The van der Waals surface area contributed by atoms with Crippen LogP contribution in [0.15, 0.2) is 78.9 Å². The Morgan fingerprint density at radius 2 is 1.87 bits per heavy atom. The highest BCUT2D eigenvalue weighted by Crippen LogP contribution is 2.33. The Hall–Kier alpha value is -3.15. The maximum Gasteiger partial charge on any atom is 0.121 e. The smallest absolute Gasteiger partial charge is 0.121 e. The lowest BCUT2D eigenvalue weighted by Gasteiger charge is -2.08. The number of nitrogens with zero attached hydrogens (tertiary/aromatic N) is 1. The fourth-order valence-corrected chi connectivity index (χ4v) is 5.03. The Morgan fingerprint density at radius 1 is 1.00 bits per heavy atom. The molecule has 0 fully saturated rings. The van der Waals surface area contributed by atoms with Crippen LogP contribution in [0.4, 0.5) is 5.69 Å². The summed E-state index contributed by atoms with van der Waals surface area (Å²) in [6.07, 6.45) is 0. The third-order valence-electron chi connectivity index (χ3n) is 5.26. The van der Waals surface area contributed by atoms with E-state index in [-0.39, 0.29) is 0 Å². The Morgan fingerprint density at radius 3 is 2.74 bits per heavy atom. The van der Waals surface area contributed by atoms with Crippen molar-refractivity contribution in [3.05, 3.63) is 95.1 Å². The Balaban J connectivity index is 1.48. The molecule has 0 radical (unpaired) electrons. The fraction of sp³-hybridized carbons (Fsp3) is 0.0800. The molecular weight excluding hydrogens is 426 g/mol. The molecule has 1 unspecified atom stereocenters. The van der Waals surface area contributed by atoms with Crippen molar-refractivity contribution in [1.82, 2.24) is 9.97 Å². The average Bonchev–Trinajstić information content (AvgIpc) is 3.08. The lowest BCUT2D eigenvalue weighted by Crippen LogP contribution is -2.06. The zero-order chi connectivity index (χ0) is 21.4. The molecule has 31 heavy (non-hydrogen) atoms. The normalized spacial score (nSPS) is 12.3. The predicted octanol–water partition coefficient (Wildman–Crippen LogP) is 6.62. The van der Waals surface area contributed by atoms with Crippen LogP contribution in [0.25, 0.3) is 33.1 Å². The Bertz CT molecular complexity index is 1440. The van der Waals surface area contributed by atoms with Crippen LogP contribution < -0.4 is 4.72 Å². The molecule has 0 spiro atoms. The van der Waals surface area contributed by atoms with Crippen molar-refractivity contribution in [3.63, 3.8) is 0 Å². The fourth-order valence-electron chi connectivity index (χ4n) is 3.87. The summed E-state index contributed by atoms with van der Waals surface area (Å²) in [5.74, 6) is 0.379. The molecule has 0 bridgehead atoms. The highest BCUT2D eigenvalue weighted by molar-refractivity contribution is 7.85. The Labute approximate surface area is 187 Å². The van der Waals surface area contributed by atoms with Crippen LogP contribution >= 0.6 is 11.6 Å². The summed E-state index contributed by atoms with van der Waals surface area (Å²) in [6.45, 7) is 2.05. The van der Waals surface area contributed by atoms with E-state index in [0.717, 1.165) is 50.0 Å². The van der Waals surface area contributed by atoms with Crippen molar-refractivity contribution in [3.8, 4) is 11.3 Å². The molecule has 0 aliphatic rings. The summed E-state index contributed by atoms with van der Waals surface area (Å²) in [7, 11) is -1.27.